The van der Waals surface area contributed by atoms with Crippen LogP contribution in [-0.2, 0) is 21.1 Å². The van der Waals surface area contributed by atoms with Gasteiger partial charge in [-0.2, -0.15) is 0 Å². The average Bonchev–Trinajstić information content (AvgIpc) is 2.54. The van der Waals surface area contributed by atoms with Gasteiger partial charge in [0.15, 0.2) is 9.84 Å². The quantitative estimate of drug-likeness (QED) is 0.872. The second-order valence-corrected chi connectivity index (χ2v) is 7.83. The number of amides is 1. The molecule has 5 nitrogen and oxygen atoms in total. The summed E-state index contributed by atoms with van der Waals surface area (Å²) in [5.41, 5.74) is 2.63. The van der Waals surface area contributed by atoms with Crippen molar-refractivity contribution in [2.45, 2.75) is 37.6 Å². The van der Waals surface area contributed by atoms with Crippen LogP contribution in [0.5, 0.6) is 0 Å². The summed E-state index contributed by atoms with van der Waals surface area (Å²) in [5, 5.41) is 2.99. The van der Waals surface area contributed by atoms with Crippen LogP contribution in [0.15, 0.2) is 47.5 Å². The van der Waals surface area contributed by atoms with Gasteiger partial charge in [0.1, 0.15) is 0 Å². The first-order chi connectivity index (χ1) is 11.3. The topological polar surface area (TPSA) is 76.1 Å². The van der Waals surface area contributed by atoms with Crippen molar-refractivity contribution >= 4 is 15.7 Å². The first-order valence-corrected chi connectivity index (χ1v) is 9.70. The van der Waals surface area contributed by atoms with Gasteiger partial charge in [-0.05, 0) is 42.7 Å². The van der Waals surface area contributed by atoms with E-state index in [1.54, 1.807) is 30.5 Å². The van der Waals surface area contributed by atoms with E-state index in [-0.39, 0.29) is 23.3 Å². The Hall–Kier alpha value is -2.21. The van der Waals surface area contributed by atoms with Gasteiger partial charge in [0, 0.05) is 12.5 Å². The van der Waals surface area contributed by atoms with Crippen LogP contribution in [0.2, 0.25) is 0 Å². The zero-order valence-electron chi connectivity index (χ0n) is 14.1. The van der Waals surface area contributed by atoms with Crippen molar-refractivity contribution < 1.29 is 13.2 Å². The minimum atomic E-state index is -3.22. The summed E-state index contributed by atoms with van der Waals surface area (Å²) in [7, 11) is -3.22. The van der Waals surface area contributed by atoms with Crippen LogP contribution >= 0.6 is 0 Å². The number of hydrogen-bond donors (Lipinski definition) is 1. The normalized spacial score (nSPS) is 12.6. The Labute approximate surface area is 143 Å². The molecule has 2 rings (SSSR count). The summed E-state index contributed by atoms with van der Waals surface area (Å²) >= 11 is 0. The van der Waals surface area contributed by atoms with Gasteiger partial charge in [-0.1, -0.05) is 25.1 Å². The van der Waals surface area contributed by atoms with Crippen molar-refractivity contribution in [3.63, 3.8) is 0 Å². The van der Waals surface area contributed by atoms with E-state index in [0.717, 1.165) is 16.8 Å². The lowest BCUT2D eigenvalue weighted by atomic mass is 10.0. The Kier molecular flexibility index (Phi) is 5.72. The fourth-order valence-electron chi connectivity index (χ4n) is 2.47. The molecule has 0 fully saturated rings. The predicted molar refractivity (Wildman–Crippen MR) is 93.4 cm³/mol. The monoisotopic (exact) mass is 346 g/mol. The summed E-state index contributed by atoms with van der Waals surface area (Å²) in [6.45, 7) is 3.90. The molecule has 24 heavy (non-hydrogen) atoms. The molecule has 0 saturated carbocycles. The highest BCUT2D eigenvalue weighted by atomic mass is 32.2. The highest BCUT2D eigenvalue weighted by Crippen LogP contribution is 2.19. The van der Waals surface area contributed by atoms with Crippen LogP contribution in [0.25, 0.3) is 0 Å². The Balaban J connectivity index is 2.09. The zero-order chi connectivity index (χ0) is 17.7. The fraction of sp³-hybridized carbons (Fsp3) is 0.333. The van der Waals surface area contributed by atoms with E-state index in [1.165, 1.54) is 6.26 Å². The lowest BCUT2D eigenvalue weighted by molar-refractivity contribution is -0.121. The van der Waals surface area contributed by atoms with Crippen molar-refractivity contribution in [2.75, 3.05) is 6.26 Å². The van der Waals surface area contributed by atoms with Gasteiger partial charge in [0.05, 0.1) is 23.1 Å². The number of carbonyl (C=O) groups excluding carboxylic acids is 1. The van der Waals surface area contributed by atoms with Gasteiger partial charge in [0.25, 0.3) is 0 Å². The molecule has 0 saturated heterocycles. The molecule has 0 aliphatic heterocycles. The van der Waals surface area contributed by atoms with Crippen molar-refractivity contribution in [1.82, 2.24) is 10.3 Å². The minimum absolute atomic E-state index is 0.101. The third kappa shape index (κ3) is 4.64. The van der Waals surface area contributed by atoms with E-state index < -0.39 is 9.84 Å². The van der Waals surface area contributed by atoms with Gasteiger partial charge >= 0.3 is 0 Å². The van der Waals surface area contributed by atoms with Crippen LogP contribution in [0.4, 0.5) is 0 Å². The molecule has 1 amide bonds. The second-order valence-electron chi connectivity index (χ2n) is 5.81. The van der Waals surface area contributed by atoms with Gasteiger partial charge < -0.3 is 5.32 Å². The number of aromatic nitrogens is 1. The first-order valence-electron chi connectivity index (χ1n) is 7.81. The van der Waals surface area contributed by atoms with Crippen molar-refractivity contribution in [2.24, 2.45) is 0 Å². The summed E-state index contributed by atoms with van der Waals surface area (Å²) in [6.07, 6.45) is 3.79. The molecule has 1 heterocycles. The van der Waals surface area contributed by atoms with Crippen LogP contribution in [0, 0.1) is 6.92 Å². The highest BCUT2D eigenvalue weighted by molar-refractivity contribution is 7.90. The number of nitrogens with zero attached hydrogens (tertiary/aromatic N) is 1. The van der Waals surface area contributed by atoms with Crippen LogP contribution in [-0.4, -0.2) is 25.6 Å². The molecule has 1 N–H and O–H groups in total. The first kappa shape index (κ1) is 18.1. The maximum Gasteiger partial charge on any atom is 0.226 e. The van der Waals surface area contributed by atoms with E-state index >= 15 is 0 Å². The number of nitrogens with one attached hydrogen (secondary N) is 1. The number of aryl methyl sites for hydroxylation is 1. The van der Waals surface area contributed by atoms with Crippen molar-refractivity contribution in [1.29, 1.82) is 0 Å². The second kappa shape index (κ2) is 7.57. The molecule has 2 aromatic rings. The van der Waals surface area contributed by atoms with E-state index in [2.05, 4.69) is 10.3 Å². The lowest BCUT2D eigenvalue weighted by Crippen LogP contribution is -2.30. The summed E-state index contributed by atoms with van der Waals surface area (Å²) in [6, 6.07) is 10.2. The van der Waals surface area contributed by atoms with Gasteiger partial charge in [0.2, 0.25) is 5.91 Å². The third-order valence-corrected chi connectivity index (χ3v) is 5.03. The molecule has 0 aliphatic carbocycles. The molecule has 0 spiro atoms. The van der Waals surface area contributed by atoms with Gasteiger partial charge in [-0.25, -0.2) is 8.42 Å². The number of pyridine rings is 1. The zero-order valence-corrected chi connectivity index (χ0v) is 14.9. The van der Waals surface area contributed by atoms with Crippen LogP contribution < -0.4 is 5.32 Å². The molecular formula is C18H22N2O3S. The van der Waals surface area contributed by atoms with E-state index in [0.29, 0.717) is 6.42 Å². The summed E-state index contributed by atoms with van der Waals surface area (Å²) in [5.74, 6) is -0.101. The van der Waals surface area contributed by atoms with E-state index in [1.807, 2.05) is 26.0 Å². The molecule has 0 aliphatic rings. The number of sulfone groups is 1. The molecule has 6 heteroatoms. The molecule has 0 bridgehead atoms. The van der Waals surface area contributed by atoms with Gasteiger partial charge in [-0.3, -0.25) is 9.78 Å². The number of benzene rings is 1. The largest absolute Gasteiger partial charge is 0.349 e. The molecule has 1 aromatic carbocycles. The third-order valence-electron chi connectivity index (χ3n) is 3.90. The Morgan fingerprint density at radius 3 is 2.42 bits per heavy atom. The fourth-order valence-corrected chi connectivity index (χ4v) is 3.10. The molecule has 0 unspecified atom stereocenters. The number of hydrogen-bond acceptors (Lipinski definition) is 4. The van der Waals surface area contributed by atoms with E-state index in [4.69, 9.17) is 0 Å². The maximum absolute atomic E-state index is 12.3. The Morgan fingerprint density at radius 2 is 1.88 bits per heavy atom. The standard InChI is InChI=1S/C18H22N2O3S/c1-4-16(14-7-9-15(10-8-14)24(3,22)23)20-18(21)12-17-13(2)6-5-11-19-17/h5-11,16H,4,12H2,1-3H3,(H,20,21)/t16-/m0/s1. The molecule has 0 radical (unpaired) electrons. The van der Waals surface area contributed by atoms with E-state index in [9.17, 15) is 13.2 Å². The average molecular weight is 346 g/mol. The van der Waals surface area contributed by atoms with Crippen molar-refractivity contribution in [3.8, 4) is 0 Å². The molecular weight excluding hydrogens is 324 g/mol. The number of carbonyl (C=O) groups is 1. The summed E-state index contributed by atoms with van der Waals surface area (Å²) < 4.78 is 23.0. The molecule has 1 aromatic heterocycles. The molecule has 128 valence electrons. The Morgan fingerprint density at radius 1 is 1.21 bits per heavy atom. The maximum atomic E-state index is 12.3. The highest BCUT2D eigenvalue weighted by Gasteiger charge is 2.15. The Bertz CT molecular complexity index is 814. The van der Waals surface area contributed by atoms with Crippen molar-refractivity contribution in [3.05, 3.63) is 59.4 Å². The van der Waals surface area contributed by atoms with Crippen LogP contribution in [0.3, 0.4) is 0 Å². The summed E-state index contributed by atoms with van der Waals surface area (Å²) in [4.78, 5) is 16.8. The van der Waals surface area contributed by atoms with Crippen LogP contribution in [0.1, 0.15) is 36.2 Å². The number of rotatable bonds is 6. The minimum Gasteiger partial charge on any atom is -0.349 e. The smallest absolute Gasteiger partial charge is 0.226 e. The van der Waals surface area contributed by atoms with Gasteiger partial charge in [-0.15, -0.1) is 0 Å². The predicted octanol–water partition coefficient (Wildman–Crippen LogP) is 2.60. The molecule has 1 atom stereocenters. The lowest BCUT2D eigenvalue weighted by Gasteiger charge is -2.18. The SMILES string of the molecule is CC[C@H](NC(=O)Cc1ncccc1C)c1ccc(S(C)(=O)=O)cc1.